The van der Waals surface area contributed by atoms with Crippen molar-refractivity contribution in [1.82, 2.24) is 14.8 Å². The van der Waals surface area contributed by atoms with Crippen LogP contribution in [0.25, 0.3) is 0 Å². The minimum Gasteiger partial charge on any atom is -0.356 e. The lowest BCUT2D eigenvalue weighted by atomic mass is 9.94. The van der Waals surface area contributed by atoms with Gasteiger partial charge >= 0.3 is 6.18 Å². The molecule has 5 nitrogen and oxygen atoms in total. The number of carbonyl (C=O) groups excluding carboxylic acids is 2. The average molecular weight is 433 g/mol. The van der Waals surface area contributed by atoms with Crippen molar-refractivity contribution >= 4 is 11.7 Å². The lowest BCUT2D eigenvalue weighted by Crippen LogP contribution is -2.37. The number of hydrogen-bond donors (Lipinski definition) is 1. The van der Waals surface area contributed by atoms with Crippen LogP contribution in [0.5, 0.6) is 0 Å². The highest BCUT2D eigenvalue weighted by Gasteiger charge is 2.31. The van der Waals surface area contributed by atoms with Gasteiger partial charge in [-0.25, -0.2) is 0 Å². The quantitative estimate of drug-likeness (QED) is 0.697. The summed E-state index contributed by atoms with van der Waals surface area (Å²) in [6.07, 6.45) is 1.91. The molecule has 2 fully saturated rings. The van der Waals surface area contributed by atoms with Gasteiger partial charge in [0.05, 0.1) is 12.1 Å². The number of piperidine rings is 1. The zero-order valence-corrected chi connectivity index (χ0v) is 17.3. The van der Waals surface area contributed by atoms with Crippen LogP contribution >= 0.6 is 0 Å². The van der Waals surface area contributed by atoms with Gasteiger partial charge in [0.25, 0.3) is 5.91 Å². The molecule has 1 aromatic heterocycles. The van der Waals surface area contributed by atoms with Gasteiger partial charge in [0.15, 0.2) is 5.78 Å². The number of amides is 1. The summed E-state index contributed by atoms with van der Waals surface area (Å²) < 4.78 is 38.6. The van der Waals surface area contributed by atoms with Gasteiger partial charge in [-0.15, -0.1) is 0 Å². The molecule has 3 heterocycles. The van der Waals surface area contributed by atoms with E-state index in [1.807, 2.05) is 4.90 Å². The Bertz CT molecular complexity index is 930. The number of rotatable bonds is 5. The topological polar surface area (TPSA) is 56.4 Å². The van der Waals surface area contributed by atoms with Gasteiger partial charge in [-0.3, -0.25) is 14.5 Å². The zero-order valence-electron chi connectivity index (χ0n) is 17.3. The summed E-state index contributed by atoms with van der Waals surface area (Å²) >= 11 is 0. The average Bonchev–Trinajstić information content (AvgIpc) is 3.46. The first-order chi connectivity index (χ1) is 14.8. The standard InChI is InChI=1S/C23H26F3N3O2/c24-23(25,26)18-8-6-16(7-9-18)20-5-1-2-12-29(20)15-21(30)17-13-19(27-14-17)22(31)28-10-3-4-11-28/h6-9,13-14,20,27H,1-5,10-12,15H2. The monoisotopic (exact) mass is 433 g/mol. The second-order valence-corrected chi connectivity index (χ2v) is 8.33. The van der Waals surface area contributed by atoms with E-state index in [4.69, 9.17) is 0 Å². The number of aromatic amines is 1. The fourth-order valence-electron chi connectivity index (χ4n) is 4.50. The summed E-state index contributed by atoms with van der Waals surface area (Å²) in [6, 6.07) is 6.75. The Labute approximate surface area is 179 Å². The smallest absolute Gasteiger partial charge is 0.356 e. The molecule has 0 bridgehead atoms. The van der Waals surface area contributed by atoms with Crippen molar-refractivity contribution in [3.8, 4) is 0 Å². The maximum Gasteiger partial charge on any atom is 0.416 e. The normalized spacial score (nSPS) is 20.2. The Morgan fingerprint density at radius 2 is 1.68 bits per heavy atom. The van der Waals surface area contributed by atoms with Gasteiger partial charge < -0.3 is 9.88 Å². The lowest BCUT2D eigenvalue weighted by Gasteiger charge is -2.35. The predicted octanol–water partition coefficient (Wildman–Crippen LogP) is 4.68. The molecule has 0 saturated carbocycles. The van der Waals surface area contributed by atoms with Crippen LogP contribution in [0.15, 0.2) is 36.5 Å². The molecule has 4 rings (SSSR count). The van der Waals surface area contributed by atoms with Crippen molar-refractivity contribution in [3.05, 3.63) is 58.9 Å². The first-order valence-electron chi connectivity index (χ1n) is 10.7. The van der Waals surface area contributed by atoms with Crippen molar-refractivity contribution in [2.75, 3.05) is 26.2 Å². The molecule has 1 unspecified atom stereocenters. The summed E-state index contributed by atoms with van der Waals surface area (Å²) in [5.74, 6) is -0.187. The summed E-state index contributed by atoms with van der Waals surface area (Å²) in [6.45, 7) is 2.36. The second kappa shape index (κ2) is 8.86. The van der Waals surface area contributed by atoms with Crippen LogP contribution in [0.4, 0.5) is 13.2 Å². The molecule has 1 amide bonds. The molecular weight excluding hydrogens is 407 g/mol. The number of alkyl halides is 3. The molecule has 2 aromatic rings. The van der Waals surface area contributed by atoms with E-state index in [0.29, 0.717) is 17.8 Å². The third-order valence-corrected chi connectivity index (χ3v) is 6.21. The van der Waals surface area contributed by atoms with E-state index in [9.17, 15) is 22.8 Å². The Kier molecular flexibility index (Phi) is 6.18. The number of halogens is 3. The van der Waals surface area contributed by atoms with E-state index in [1.54, 1.807) is 17.2 Å². The maximum absolute atomic E-state index is 12.9. The fourth-order valence-corrected chi connectivity index (χ4v) is 4.50. The van der Waals surface area contributed by atoms with E-state index in [2.05, 4.69) is 4.98 Å². The van der Waals surface area contributed by atoms with Gasteiger partial charge in [-0.1, -0.05) is 18.6 Å². The van der Waals surface area contributed by atoms with E-state index >= 15 is 0 Å². The number of carbonyl (C=O) groups is 2. The van der Waals surface area contributed by atoms with Crippen molar-refractivity contribution in [2.45, 2.75) is 44.3 Å². The van der Waals surface area contributed by atoms with Crippen LogP contribution in [0, 0.1) is 0 Å². The molecule has 8 heteroatoms. The number of nitrogens with one attached hydrogen (secondary N) is 1. The molecule has 2 saturated heterocycles. The van der Waals surface area contributed by atoms with Crippen molar-refractivity contribution in [3.63, 3.8) is 0 Å². The van der Waals surface area contributed by atoms with Crippen molar-refractivity contribution in [2.24, 2.45) is 0 Å². The Hall–Kier alpha value is -2.61. The van der Waals surface area contributed by atoms with Gasteiger partial charge in [0, 0.05) is 30.9 Å². The van der Waals surface area contributed by atoms with E-state index in [-0.39, 0.29) is 24.3 Å². The zero-order chi connectivity index (χ0) is 22.0. The van der Waals surface area contributed by atoms with Crippen LogP contribution in [0.2, 0.25) is 0 Å². The number of ketones is 1. The molecule has 2 aliphatic rings. The number of hydrogen-bond acceptors (Lipinski definition) is 3. The minimum atomic E-state index is -4.36. The van der Waals surface area contributed by atoms with Crippen LogP contribution in [-0.4, -0.2) is 52.7 Å². The lowest BCUT2D eigenvalue weighted by molar-refractivity contribution is -0.137. The van der Waals surface area contributed by atoms with Crippen LogP contribution in [0.1, 0.15) is 70.1 Å². The molecule has 0 radical (unpaired) electrons. The number of nitrogens with zero attached hydrogens (tertiary/aromatic N) is 2. The molecule has 1 N–H and O–H groups in total. The SMILES string of the molecule is O=C(CN1CCCCC1c1ccc(C(F)(F)F)cc1)c1c[nH]c(C(=O)N2CCCC2)c1. The number of benzene rings is 1. The van der Waals surface area contributed by atoms with Crippen molar-refractivity contribution < 1.29 is 22.8 Å². The van der Waals surface area contributed by atoms with Crippen LogP contribution < -0.4 is 0 Å². The van der Waals surface area contributed by atoms with Crippen LogP contribution in [0.3, 0.4) is 0 Å². The van der Waals surface area contributed by atoms with Gasteiger partial charge in [0.1, 0.15) is 5.69 Å². The highest BCUT2D eigenvalue weighted by Crippen LogP contribution is 2.34. The summed E-state index contributed by atoms with van der Waals surface area (Å²) in [5, 5.41) is 0. The molecular formula is C23H26F3N3O2. The predicted molar refractivity (Wildman–Crippen MR) is 110 cm³/mol. The first-order valence-corrected chi connectivity index (χ1v) is 10.7. The summed E-state index contributed by atoms with van der Waals surface area (Å²) in [5.41, 5.74) is 0.999. The molecule has 1 atom stereocenters. The Morgan fingerprint density at radius 3 is 2.35 bits per heavy atom. The van der Waals surface area contributed by atoms with Crippen LogP contribution in [-0.2, 0) is 6.18 Å². The molecule has 0 aliphatic carbocycles. The molecule has 1 aromatic carbocycles. The minimum absolute atomic E-state index is 0.0860. The highest BCUT2D eigenvalue weighted by atomic mass is 19.4. The van der Waals surface area contributed by atoms with Gasteiger partial charge in [0.2, 0.25) is 0 Å². The number of Topliss-reactive ketones (excluding diaryl/α,β-unsaturated/α-hetero) is 1. The van der Waals surface area contributed by atoms with E-state index < -0.39 is 11.7 Å². The van der Waals surface area contributed by atoms with Crippen molar-refractivity contribution in [1.29, 1.82) is 0 Å². The third kappa shape index (κ3) is 4.84. The third-order valence-electron chi connectivity index (χ3n) is 6.21. The summed E-state index contributed by atoms with van der Waals surface area (Å²) in [4.78, 5) is 32.1. The molecule has 0 spiro atoms. The Morgan fingerprint density at radius 1 is 1.00 bits per heavy atom. The van der Waals surface area contributed by atoms with E-state index in [1.165, 1.54) is 12.1 Å². The second-order valence-electron chi connectivity index (χ2n) is 8.33. The number of likely N-dealkylation sites (tertiary alicyclic amines) is 2. The highest BCUT2D eigenvalue weighted by molar-refractivity contribution is 6.01. The van der Waals surface area contributed by atoms with E-state index in [0.717, 1.165) is 62.9 Å². The first kappa shape index (κ1) is 21.6. The maximum atomic E-state index is 12.9. The molecule has 2 aliphatic heterocycles. The van der Waals surface area contributed by atoms with Gasteiger partial charge in [-0.2, -0.15) is 13.2 Å². The largest absolute Gasteiger partial charge is 0.416 e. The number of H-pyrrole nitrogens is 1. The number of aromatic nitrogens is 1. The summed E-state index contributed by atoms with van der Waals surface area (Å²) in [7, 11) is 0. The Balaban J connectivity index is 1.44. The fraction of sp³-hybridized carbons (Fsp3) is 0.478. The molecule has 31 heavy (non-hydrogen) atoms. The molecule has 166 valence electrons. The van der Waals surface area contributed by atoms with Gasteiger partial charge in [-0.05, 0) is 56.0 Å².